The molecule has 2 aromatic rings. The summed E-state index contributed by atoms with van der Waals surface area (Å²) in [6.45, 7) is 5.95. The van der Waals surface area contributed by atoms with Crippen LogP contribution in [0, 0.1) is 11.7 Å². The summed E-state index contributed by atoms with van der Waals surface area (Å²) in [5.41, 5.74) is 0.759. The van der Waals surface area contributed by atoms with Crippen molar-refractivity contribution in [3.8, 4) is 0 Å². The summed E-state index contributed by atoms with van der Waals surface area (Å²) in [5, 5.41) is 2.88. The molecule has 134 valence electrons. The van der Waals surface area contributed by atoms with Crippen LogP contribution >= 0.6 is 0 Å². The molecule has 1 atom stereocenters. The van der Waals surface area contributed by atoms with Gasteiger partial charge in [-0.15, -0.1) is 0 Å². The van der Waals surface area contributed by atoms with Crippen LogP contribution in [-0.4, -0.2) is 20.4 Å². The van der Waals surface area contributed by atoms with Gasteiger partial charge in [0.05, 0.1) is 4.90 Å². The number of halogens is 1. The van der Waals surface area contributed by atoms with E-state index in [0.29, 0.717) is 17.2 Å². The van der Waals surface area contributed by atoms with E-state index in [4.69, 9.17) is 0 Å². The summed E-state index contributed by atoms with van der Waals surface area (Å²) in [4.78, 5) is 12.1. The van der Waals surface area contributed by atoms with Crippen molar-refractivity contribution in [3.05, 3.63) is 59.9 Å². The van der Waals surface area contributed by atoms with Crippen LogP contribution in [0.3, 0.4) is 0 Å². The fourth-order valence-corrected chi connectivity index (χ4v) is 3.03. The topological polar surface area (TPSA) is 75.3 Å². The van der Waals surface area contributed by atoms with E-state index >= 15 is 0 Å². The number of carbonyl (C=O) groups is 1. The number of nitrogens with one attached hydrogen (secondary N) is 2. The minimum absolute atomic E-state index is 0.0316. The first-order valence-electron chi connectivity index (χ1n) is 7.88. The molecule has 0 bridgehead atoms. The molecule has 0 saturated heterocycles. The van der Waals surface area contributed by atoms with Crippen molar-refractivity contribution < 1.29 is 17.6 Å². The molecule has 1 unspecified atom stereocenters. The molecular formula is C18H21FN2O3S. The Morgan fingerprint density at radius 1 is 0.960 bits per heavy atom. The zero-order chi connectivity index (χ0) is 18.6. The Morgan fingerprint density at radius 3 is 2.04 bits per heavy atom. The van der Waals surface area contributed by atoms with Crippen molar-refractivity contribution in [3.63, 3.8) is 0 Å². The van der Waals surface area contributed by atoms with E-state index in [-0.39, 0.29) is 16.8 Å². The van der Waals surface area contributed by atoms with Gasteiger partial charge in [0.1, 0.15) is 5.82 Å². The van der Waals surface area contributed by atoms with Crippen LogP contribution in [0.25, 0.3) is 0 Å². The minimum atomic E-state index is -3.81. The highest BCUT2D eigenvalue weighted by atomic mass is 32.2. The fraction of sp³-hybridized carbons (Fsp3) is 0.278. The smallest absolute Gasteiger partial charge is 0.261 e. The van der Waals surface area contributed by atoms with Gasteiger partial charge in [-0.05, 0) is 61.4 Å². The Labute approximate surface area is 147 Å². The second kappa shape index (κ2) is 7.65. The lowest BCUT2D eigenvalue weighted by Crippen LogP contribution is -2.36. The summed E-state index contributed by atoms with van der Waals surface area (Å²) in [6.07, 6.45) is 0. The monoisotopic (exact) mass is 364 g/mol. The second-order valence-electron chi connectivity index (χ2n) is 6.14. The van der Waals surface area contributed by atoms with E-state index in [1.807, 2.05) is 20.8 Å². The number of sulfonamides is 1. The van der Waals surface area contributed by atoms with Gasteiger partial charge < -0.3 is 5.32 Å². The maximum Gasteiger partial charge on any atom is 0.261 e. The lowest BCUT2D eigenvalue weighted by Gasteiger charge is -2.17. The third-order valence-electron chi connectivity index (χ3n) is 3.88. The molecule has 25 heavy (non-hydrogen) atoms. The van der Waals surface area contributed by atoms with E-state index in [9.17, 15) is 17.6 Å². The van der Waals surface area contributed by atoms with Crippen LogP contribution in [-0.2, 0) is 10.0 Å². The molecule has 2 rings (SSSR count). The minimum Gasteiger partial charge on any atom is -0.349 e. The highest BCUT2D eigenvalue weighted by molar-refractivity contribution is 7.92. The SMILES string of the molecule is CC(C)C(C)NC(=O)c1ccc(NS(=O)(=O)c2ccc(F)cc2)cc1. The van der Waals surface area contributed by atoms with Crippen LogP contribution < -0.4 is 10.0 Å². The maximum atomic E-state index is 12.9. The third kappa shape index (κ3) is 5.03. The Hall–Kier alpha value is -2.41. The summed E-state index contributed by atoms with van der Waals surface area (Å²) < 4.78 is 39.8. The zero-order valence-corrected chi connectivity index (χ0v) is 15.1. The van der Waals surface area contributed by atoms with Crippen molar-refractivity contribution in [1.82, 2.24) is 5.32 Å². The Kier molecular flexibility index (Phi) is 5.79. The highest BCUT2D eigenvalue weighted by Gasteiger charge is 2.15. The summed E-state index contributed by atoms with van der Waals surface area (Å²) in [5.74, 6) is -0.412. The van der Waals surface area contributed by atoms with Crippen LogP contribution in [0.5, 0.6) is 0 Å². The number of carbonyl (C=O) groups excluding carboxylic acids is 1. The van der Waals surface area contributed by atoms with Gasteiger partial charge in [0, 0.05) is 17.3 Å². The van der Waals surface area contributed by atoms with Gasteiger partial charge in [0.25, 0.3) is 15.9 Å². The predicted octanol–water partition coefficient (Wildman–Crippen LogP) is 3.40. The van der Waals surface area contributed by atoms with E-state index in [2.05, 4.69) is 10.0 Å². The molecule has 0 radical (unpaired) electrons. The van der Waals surface area contributed by atoms with E-state index < -0.39 is 15.8 Å². The van der Waals surface area contributed by atoms with Crippen molar-refractivity contribution in [2.75, 3.05) is 4.72 Å². The van der Waals surface area contributed by atoms with E-state index in [1.54, 1.807) is 12.1 Å². The van der Waals surface area contributed by atoms with Gasteiger partial charge in [-0.2, -0.15) is 0 Å². The molecule has 2 N–H and O–H groups in total. The molecule has 0 heterocycles. The molecule has 0 aliphatic rings. The maximum absolute atomic E-state index is 12.9. The molecule has 0 aliphatic heterocycles. The molecule has 0 saturated carbocycles. The number of anilines is 1. The lowest BCUT2D eigenvalue weighted by molar-refractivity contribution is 0.0930. The molecule has 0 aromatic heterocycles. The molecule has 7 heteroatoms. The molecule has 0 fully saturated rings. The first-order chi connectivity index (χ1) is 11.7. The van der Waals surface area contributed by atoms with Crippen molar-refractivity contribution >= 4 is 21.6 Å². The fourth-order valence-electron chi connectivity index (χ4n) is 1.97. The molecular weight excluding hydrogens is 343 g/mol. The normalized spacial score (nSPS) is 12.7. The number of rotatable bonds is 6. The molecule has 1 amide bonds. The van der Waals surface area contributed by atoms with Crippen LogP contribution in [0.1, 0.15) is 31.1 Å². The number of hydrogen-bond donors (Lipinski definition) is 2. The molecule has 0 aliphatic carbocycles. The number of amides is 1. The van der Waals surface area contributed by atoms with Gasteiger partial charge in [0.15, 0.2) is 0 Å². The summed E-state index contributed by atoms with van der Waals surface area (Å²) >= 11 is 0. The second-order valence-corrected chi connectivity index (χ2v) is 7.83. The zero-order valence-electron chi connectivity index (χ0n) is 14.3. The van der Waals surface area contributed by atoms with Gasteiger partial charge in [0.2, 0.25) is 0 Å². The van der Waals surface area contributed by atoms with E-state index in [1.165, 1.54) is 24.3 Å². The van der Waals surface area contributed by atoms with Crippen LogP contribution in [0.4, 0.5) is 10.1 Å². The van der Waals surface area contributed by atoms with Gasteiger partial charge >= 0.3 is 0 Å². The first kappa shape index (κ1) is 18.9. The summed E-state index contributed by atoms with van der Waals surface area (Å²) in [6, 6.07) is 10.7. The third-order valence-corrected chi connectivity index (χ3v) is 5.28. The quantitative estimate of drug-likeness (QED) is 0.825. The van der Waals surface area contributed by atoms with Gasteiger partial charge in [-0.3, -0.25) is 9.52 Å². The summed E-state index contributed by atoms with van der Waals surface area (Å²) in [7, 11) is -3.81. The number of hydrogen-bond acceptors (Lipinski definition) is 3. The Morgan fingerprint density at radius 2 is 1.52 bits per heavy atom. The van der Waals surface area contributed by atoms with Crippen molar-refractivity contribution in [1.29, 1.82) is 0 Å². The Balaban J connectivity index is 2.09. The Bertz CT molecular complexity index is 832. The van der Waals surface area contributed by atoms with Crippen LogP contribution in [0.15, 0.2) is 53.4 Å². The van der Waals surface area contributed by atoms with Gasteiger partial charge in [-0.1, -0.05) is 13.8 Å². The molecule has 2 aromatic carbocycles. The highest BCUT2D eigenvalue weighted by Crippen LogP contribution is 2.17. The molecule has 5 nitrogen and oxygen atoms in total. The van der Waals surface area contributed by atoms with Gasteiger partial charge in [-0.25, -0.2) is 12.8 Å². The molecule has 0 spiro atoms. The van der Waals surface area contributed by atoms with Crippen molar-refractivity contribution in [2.45, 2.75) is 31.7 Å². The first-order valence-corrected chi connectivity index (χ1v) is 9.36. The van der Waals surface area contributed by atoms with Crippen LogP contribution in [0.2, 0.25) is 0 Å². The lowest BCUT2D eigenvalue weighted by atomic mass is 10.1. The average molecular weight is 364 g/mol. The average Bonchev–Trinajstić information content (AvgIpc) is 2.55. The standard InChI is InChI=1S/C18H21FN2O3S/c1-12(2)13(3)20-18(22)14-4-8-16(9-5-14)21-25(23,24)17-10-6-15(19)7-11-17/h4-13,21H,1-3H3,(H,20,22). The number of benzene rings is 2. The largest absolute Gasteiger partial charge is 0.349 e. The van der Waals surface area contributed by atoms with E-state index in [0.717, 1.165) is 12.1 Å². The predicted molar refractivity (Wildman–Crippen MR) is 95.4 cm³/mol. The van der Waals surface area contributed by atoms with Crippen molar-refractivity contribution in [2.24, 2.45) is 5.92 Å².